The van der Waals surface area contributed by atoms with Crippen molar-refractivity contribution in [3.05, 3.63) is 167 Å². The zero-order chi connectivity index (χ0) is 46.9. The third-order valence-electron chi connectivity index (χ3n) is 11.9. The summed E-state index contributed by atoms with van der Waals surface area (Å²) < 4.78 is 60.0. The van der Waals surface area contributed by atoms with Crippen LogP contribution >= 0.6 is 0 Å². The molecule has 3 heterocycles. The van der Waals surface area contributed by atoms with Crippen molar-refractivity contribution in [3.63, 3.8) is 0 Å². The van der Waals surface area contributed by atoms with Gasteiger partial charge in [0.25, 0.3) is 0 Å². The fraction of sp³-hybridized carbons (Fsp3) is 0.255. The molecule has 5 heteroatoms. The van der Waals surface area contributed by atoms with Crippen LogP contribution in [0.3, 0.4) is 0 Å². The number of fused-ring (bicyclic) bond motifs is 4. The van der Waals surface area contributed by atoms with Crippen molar-refractivity contribution in [1.82, 2.24) is 9.55 Å². The number of pyridine rings is 1. The van der Waals surface area contributed by atoms with E-state index in [2.05, 4.69) is 143 Å². The third-order valence-corrected chi connectivity index (χ3v) is 11.9. The minimum absolute atomic E-state index is 0.0114. The predicted molar refractivity (Wildman–Crippen MR) is 254 cm³/mol. The van der Waals surface area contributed by atoms with Crippen LogP contribution in [0.4, 0.5) is 22.7 Å². The molecule has 0 unspecified atom stereocenters. The lowest BCUT2D eigenvalue weighted by molar-refractivity contribution is 0.483. The third kappa shape index (κ3) is 7.00. The topological polar surface area (TPSA) is 33.5 Å². The number of aryl methyl sites for hydroxylation is 2. The molecule has 0 radical (unpaired) electrons. The van der Waals surface area contributed by atoms with E-state index in [1.54, 1.807) is 0 Å². The second kappa shape index (κ2) is 15.4. The van der Waals surface area contributed by atoms with Gasteiger partial charge in [-0.15, -0.1) is 0 Å². The van der Waals surface area contributed by atoms with E-state index in [9.17, 15) is 0 Å². The fourth-order valence-corrected chi connectivity index (χ4v) is 8.93. The summed E-state index contributed by atoms with van der Waals surface area (Å²) in [6.07, 6.45) is 1.89. The highest BCUT2D eigenvalue weighted by Gasteiger charge is 2.28. The van der Waals surface area contributed by atoms with Gasteiger partial charge in [-0.1, -0.05) is 115 Å². The quantitative estimate of drug-likeness (QED) is 0.153. The maximum absolute atomic E-state index is 8.46. The van der Waals surface area contributed by atoms with E-state index in [1.165, 1.54) is 40.5 Å². The molecule has 0 spiro atoms. The van der Waals surface area contributed by atoms with Gasteiger partial charge in [-0.3, -0.25) is 4.57 Å². The van der Waals surface area contributed by atoms with Crippen molar-refractivity contribution in [2.24, 2.45) is 0 Å². The van der Waals surface area contributed by atoms with Crippen LogP contribution in [0.2, 0.25) is 0 Å². The first-order chi connectivity index (χ1) is 31.3. The van der Waals surface area contributed by atoms with Crippen LogP contribution in [0.5, 0.6) is 11.5 Å². The lowest BCUT2D eigenvalue weighted by atomic mass is 9.85. The summed E-state index contributed by atoms with van der Waals surface area (Å²) in [4.78, 5) is 9.01. The van der Waals surface area contributed by atoms with Crippen LogP contribution < -0.4 is 14.5 Å². The summed E-state index contributed by atoms with van der Waals surface area (Å²) in [6.45, 7) is 11.2. The van der Waals surface area contributed by atoms with Crippen LogP contribution in [-0.2, 0) is 5.41 Å². The molecule has 1 aliphatic heterocycles. The van der Waals surface area contributed by atoms with Gasteiger partial charge in [0, 0.05) is 61.8 Å². The Morgan fingerprint density at radius 1 is 0.617 bits per heavy atom. The first-order valence-corrected chi connectivity index (χ1v) is 21.0. The Morgan fingerprint density at radius 2 is 1.27 bits per heavy atom. The Balaban J connectivity index is 1.22. The monoisotopic (exact) mass is 794 g/mol. The summed E-state index contributed by atoms with van der Waals surface area (Å²) in [5, 5.41) is 2.22. The number of hydrogen-bond donors (Lipinski definition) is 0. The molecule has 0 N–H and O–H groups in total. The number of rotatable bonds is 8. The number of hydrogen-bond acceptors (Lipinski definition) is 4. The molecule has 0 saturated carbocycles. The van der Waals surface area contributed by atoms with E-state index < -0.39 is 13.7 Å². The molecule has 302 valence electrons. The first-order valence-electron chi connectivity index (χ1n) is 24.0. The Bertz CT molecular complexity index is 3060. The van der Waals surface area contributed by atoms with Gasteiger partial charge in [0.15, 0.2) is 0 Å². The molecule has 9 rings (SSSR count). The van der Waals surface area contributed by atoms with E-state index in [0.29, 0.717) is 30.3 Å². The molecule has 6 aromatic carbocycles. The van der Waals surface area contributed by atoms with Crippen LogP contribution in [-0.4, -0.2) is 22.6 Å². The van der Waals surface area contributed by atoms with Crippen molar-refractivity contribution < 1.29 is 13.0 Å². The van der Waals surface area contributed by atoms with Crippen molar-refractivity contribution in [2.75, 3.05) is 22.9 Å². The summed E-state index contributed by atoms with van der Waals surface area (Å²) in [5.41, 5.74) is 10.5. The Hall–Kier alpha value is -6.33. The molecule has 1 aliphatic rings. The summed E-state index contributed by atoms with van der Waals surface area (Å²) >= 11 is 0. The maximum Gasteiger partial charge on any atom is 0.137 e. The summed E-state index contributed by atoms with van der Waals surface area (Å²) in [5.74, 6) is 2.66. The largest absolute Gasteiger partial charge is 0.457 e. The maximum atomic E-state index is 8.46. The molecule has 60 heavy (non-hydrogen) atoms. The number of aromatic nitrogens is 2. The molecule has 0 saturated heterocycles. The van der Waals surface area contributed by atoms with E-state index in [0.717, 1.165) is 44.6 Å². The van der Waals surface area contributed by atoms with Gasteiger partial charge in [-0.2, -0.15) is 0 Å². The van der Waals surface area contributed by atoms with Crippen LogP contribution in [0.25, 0.3) is 38.8 Å². The number of anilines is 4. The normalized spacial score (nSPS) is 15.1. The van der Waals surface area contributed by atoms with Crippen LogP contribution in [0, 0.1) is 13.7 Å². The van der Waals surface area contributed by atoms with Gasteiger partial charge in [-0.25, -0.2) is 4.98 Å². The number of para-hydroxylation sites is 4. The highest BCUT2D eigenvalue weighted by Crippen LogP contribution is 2.47. The van der Waals surface area contributed by atoms with E-state index in [1.807, 2.05) is 41.4 Å². The van der Waals surface area contributed by atoms with Crippen LogP contribution in [0.1, 0.15) is 96.3 Å². The van der Waals surface area contributed by atoms with Gasteiger partial charge in [0.2, 0.25) is 0 Å². The van der Waals surface area contributed by atoms with Crippen molar-refractivity contribution >= 4 is 44.6 Å². The Morgan fingerprint density at radius 3 is 1.97 bits per heavy atom. The standard InChI is InChI=1S/C55H56N4O/c1-35(2)44-19-15-20-45(36(3)4)53(44)39-30-41(57-28-29-58(50-23-13-12-22-49(50)57)54-37(5)16-14-17-38(54)6)33-43(31-39)60-42-24-25-47-46-18-10-11-21-48(46)59(51(47)34-42)52-32-40(26-27-56-52)55(7,8)9/h10-27,30-36H,28-29H2,1-9H3/i5D3,6D3. The number of benzene rings is 6. The van der Waals surface area contributed by atoms with E-state index in [-0.39, 0.29) is 34.1 Å². The van der Waals surface area contributed by atoms with Crippen molar-refractivity contribution in [3.8, 4) is 28.4 Å². The minimum atomic E-state index is -2.54. The molecule has 8 aromatic rings. The molecular formula is C55H56N4O. The molecule has 0 fully saturated rings. The zero-order valence-electron chi connectivity index (χ0n) is 41.5. The average molecular weight is 795 g/mol. The average Bonchev–Trinajstić information content (AvgIpc) is 3.60. The van der Waals surface area contributed by atoms with Gasteiger partial charge in [0.1, 0.15) is 17.3 Å². The van der Waals surface area contributed by atoms with Crippen molar-refractivity contribution in [1.29, 1.82) is 0 Å². The Labute approximate surface area is 364 Å². The van der Waals surface area contributed by atoms with Crippen molar-refractivity contribution in [2.45, 2.75) is 79.4 Å². The summed E-state index contributed by atoms with van der Waals surface area (Å²) in [7, 11) is 0. The summed E-state index contributed by atoms with van der Waals surface area (Å²) in [6, 6.07) is 44.4. The predicted octanol–water partition coefficient (Wildman–Crippen LogP) is 15.1. The van der Waals surface area contributed by atoms with E-state index >= 15 is 0 Å². The molecule has 0 aliphatic carbocycles. The second-order valence-corrected chi connectivity index (χ2v) is 17.6. The molecular weight excluding hydrogens is 733 g/mol. The minimum Gasteiger partial charge on any atom is -0.457 e. The molecule has 0 bridgehead atoms. The van der Waals surface area contributed by atoms with Gasteiger partial charge in [-0.05, 0) is 124 Å². The second-order valence-electron chi connectivity index (χ2n) is 17.6. The molecule has 5 nitrogen and oxygen atoms in total. The van der Waals surface area contributed by atoms with Gasteiger partial charge >= 0.3 is 0 Å². The van der Waals surface area contributed by atoms with Gasteiger partial charge < -0.3 is 14.5 Å². The van der Waals surface area contributed by atoms with Crippen LogP contribution in [0.15, 0.2) is 140 Å². The highest BCUT2D eigenvalue weighted by molar-refractivity contribution is 6.09. The molecule has 0 amide bonds. The smallest absolute Gasteiger partial charge is 0.137 e. The lowest BCUT2D eigenvalue weighted by Crippen LogP contribution is -2.36. The number of ether oxygens (including phenoxy) is 1. The molecule has 2 aromatic heterocycles. The SMILES string of the molecule is [2H]C([2H])([2H])c1cccc(C([2H])([2H])[2H])c1N1CCN(c2cc(Oc3ccc4c5ccccc5n(-c5cc(C(C)(C)C)ccn5)c4c3)cc(-c3c(C(C)C)cccc3C(C)C)c2)c2ccccc21. The molecule has 0 atom stereocenters. The fourth-order valence-electron chi connectivity index (χ4n) is 8.93. The lowest BCUT2D eigenvalue weighted by Gasteiger charge is -2.40. The van der Waals surface area contributed by atoms with E-state index in [4.69, 9.17) is 17.9 Å². The first kappa shape index (κ1) is 32.5. The van der Waals surface area contributed by atoms with Gasteiger partial charge in [0.05, 0.1) is 22.4 Å². The highest BCUT2D eigenvalue weighted by atomic mass is 16.5. The Kier molecular flexibility index (Phi) is 8.33. The number of nitrogens with zero attached hydrogens (tertiary/aromatic N) is 4. The zero-order valence-corrected chi connectivity index (χ0v) is 35.5.